The number of thioether (sulfide) groups is 1. The number of hydrogen-bond donors (Lipinski definition) is 0. The van der Waals surface area contributed by atoms with Gasteiger partial charge in [0.05, 0.1) is 7.11 Å². The number of nitrogens with zero attached hydrogens (tertiary/aromatic N) is 1. The van der Waals surface area contributed by atoms with E-state index in [0.29, 0.717) is 5.69 Å². The molecule has 0 atom stereocenters. The molecule has 0 aliphatic heterocycles. The number of esters is 1. The highest BCUT2D eigenvalue weighted by Crippen LogP contribution is 2.24. The number of methoxy groups -OCH3 is 1. The predicted octanol–water partition coefficient (Wildman–Crippen LogP) is 2.74. The molecule has 1 rings (SSSR count). The summed E-state index contributed by atoms with van der Waals surface area (Å²) in [6.07, 6.45) is 1.59. The zero-order chi connectivity index (χ0) is 10.6. The number of carbonyl (C=O) groups is 1. The van der Waals surface area contributed by atoms with E-state index >= 15 is 0 Å². The first-order valence-corrected chi connectivity index (χ1v) is 5.83. The summed E-state index contributed by atoms with van der Waals surface area (Å²) < 4.78 is 5.50. The third-order valence-corrected chi connectivity index (χ3v) is 2.84. The SMILES string of the molecule is CCSc1cc(Br)cnc1C(=O)OC. The normalized spacial score (nSPS) is 9.93. The number of pyridine rings is 1. The average Bonchev–Trinajstić information content (AvgIpc) is 2.17. The van der Waals surface area contributed by atoms with Crippen LogP contribution in [0, 0.1) is 0 Å². The summed E-state index contributed by atoms with van der Waals surface area (Å²) in [7, 11) is 1.35. The Bertz CT molecular complexity index is 344. The van der Waals surface area contributed by atoms with Crippen molar-refractivity contribution in [3.8, 4) is 0 Å². The van der Waals surface area contributed by atoms with Crippen molar-refractivity contribution in [2.24, 2.45) is 0 Å². The van der Waals surface area contributed by atoms with Gasteiger partial charge in [0, 0.05) is 15.6 Å². The molecule has 0 bridgehead atoms. The molecule has 5 heteroatoms. The third-order valence-electron chi connectivity index (χ3n) is 1.50. The maximum atomic E-state index is 11.3. The standard InChI is InChI=1S/C9H10BrNO2S/c1-3-14-7-4-6(10)5-11-8(7)9(12)13-2/h4-5H,3H2,1-2H3. The molecule has 14 heavy (non-hydrogen) atoms. The van der Waals surface area contributed by atoms with Crippen LogP contribution in [0.2, 0.25) is 0 Å². The molecule has 3 nitrogen and oxygen atoms in total. The van der Waals surface area contributed by atoms with Crippen molar-refractivity contribution in [1.82, 2.24) is 4.98 Å². The van der Waals surface area contributed by atoms with Gasteiger partial charge in [-0.05, 0) is 27.7 Å². The first kappa shape index (κ1) is 11.5. The van der Waals surface area contributed by atoms with E-state index in [1.165, 1.54) is 7.11 Å². The fraction of sp³-hybridized carbons (Fsp3) is 0.333. The molecule has 0 unspecified atom stereocenters. The van der Waals surface area contributed by atoms with Crippen molar-refractivity contribution in [1.29, 1.82) is 0 Å². The van der Waals surface area contributed by atoms with E-state index in [1.54, 1.807) is 18.0 Å². The van der Waals surface area contributed by atoms with Gasteiger partial charge in [-0.15, -0.1) is 11.8 Å². The molecule has 1 heterocycles. The van der Waals surface area contributed by atoms with Gasteiger partial charge in [-0.1, -0.05) is 6.92 Å². The number of ether oxygens (including phenoxy) is 1. The lowest BCUT2D eigenvalue weighted by atomic mass is 10.3. The Labute approximate surface area is 95.4 Å². The van der Waals surface area contributed by atoms with Gasteiger partial charge in [0.15, 0.2) is 5.69 Å². The van der Waals surface area contributed by atoms with Gasteiger partial charge in [-0.25, -0.2) is 9.78 Å². The van der Waals surface area contributed by atoms with E-state index in [9.17, 15) is 4.79 Å². The fourth-order valence-electron chi connectivity index (χ4n) is 0.936. The second-order valence-corrected chi connectivity index (χ2v) is 4.65. The molecule has 1 aromatic rings. The van der Waals surface area contributed by atoms with E-state index in [1.807, 2.05) is 13.0 Å². The predicted molar refractivity (Wildman–Crippen MR) is 59.7 cm³/mol. The number of halogens is 1. The van der Waals surface area contributed by atoms with Gasteiger partial charge in [0.2, 0.25) is 0 Å². The Balaban J connectivity index is 3.07. The summed E-state index contributed by atoms with van der Waals surface area (Å²) in [5.41, 5.74) is 0.377. The molecule has 0 aromatic carbocycles. The van der Waals surface area contributed by atoms with Crippen LogP contribution in [-0.2, 0) is 4.74 Å². The number of rotatable bonds is 3. The molecule has 0 aliphatic rings. The minimum absolute atomic E-state index is 0.377. The highest BCUT2D eigenvalue weighted by atomic mass is 79.9. The van der Waals surface area contributed by atoms with Crippen molar-refractivity contribution < 1.29 is 9.53 Å². The lowest BCUT2D eigenvalue weighted by molar-refractivity contribution is 0.0589. The number of carbonyl (C=O) groups excluding carboxylic acids is 1. The fourth-order valence-corrected chi connectivity index (χ4v) is 2.21. The van der Waals surface area contributed by atoms with Crippen LogP contribution in [0.1, 0.15) is 17.4 Å². The lowest BCUT2D eigenvalue weighted by Crippen LogP contribution is -2.06. The van der Waals surface area contributed by atoms with Gasteiger partial charge in [-0.3, -0.25) is 0 Å². The van der Waals surface area contributed by atoms with Crippen LogP contribution >= 0.6 is 27.7 Å². The molecule has 0 saturated heterocycles. The zero-order valence-corrected chi connectivity index (χ0v) is 10.3. The zero-order valence-electron chi connectivity index (χ0n) is 7.91. The highest BCUT2D eigenvalue weighted by Gasteiger charge is 2.13. The van der Waals surface area contributed by atoms with Crippen LogP contribution in [0.3, 0.4) is 0 Å². The molecular weight excluding hydrogens is 266 g/mol. The third kappa shape index (κ3) is 2.72. The van der Waals surface area contributed by atoms with Crippen LogP contribution in [0.25, 0.3) is 0 Å². The van der Waals surface area contributed by atoms with Crippen molar-refractivity contribution >= 4 is 33.7 Å². The van der Waals surface area contributed by atoms with Crippen LogP contribution in [0.5, 0.6) is 0 Å². The van der Waals surface area contributed by atoms with E-state index in [4.69, 9.17) is 0 Å². The van der Waals surface area contributed by atoms with E-state index in [2.05, 4.69) is 25.7 Å². The second kappa shape index (κ2) is 5.36. The summed E-state index contributed by atoms with van der Waals surface area (Å²) >= 11 is 4.88. The van der Waals surface area contributed by atoms with Crippen LogP contribution in [0.15, 0.2) is 21.6 Å². The molecular formula is C9H10BrNO2S. The topological polar surface area (TPSA) is 39.2 Å². The summed E-state index contributed by atoms with van der Waals surface area (Å²) in [6, 6.07) is 1.87. The van der Waals surface area contributed by atoms with Crippen molar-refractivity contribution in [3.05, 3.63) is 22.4 Å². The monoisotopic (exact) mass is 275 g/mol. The smallest absolute Gasteiger partial charge is 0.357 e. The average molecular weight is 276 g/mol. The molecule has 76 valence electrons. The molecule has 0 saturated carbocycles. The van der Waals surface area contributed by atoms with Gasteiger partial charge in [0.25, 0.3) is 0 Å². The maximum absolute atomic E-state index is 11.3. The largest absolute Gasteiger partial charge is 0.464 e. The quantitative estimate of drug-likeness (QED) is 0.628. The Kier molecular flexibility index (Phi) is 4.41. The van der Waals surface area contributed by atoms with Crippen LogP contribution in [-0.4, -0.2) is 23.8 Å². The first-order chi connectivity index (χ1) is 6.69. The number of aromatic nitrogens is 1. The molecule has 0 spiro atoms. The summed E-state index contributed by atoms with van der Waals surface area (Å²) in [5, 5.41) is 0. The molecule has 0 amide bonds. The van der Waals surface area contributed by atoms with Crippen LogP contribution < -0.4 is 0 Å². The van der Waals surface area contributed by atoms with Crippen molar-refractivity contribution in [3.63, 3.8) is 0 Å². The first-order valence-electron chi connectivity index (χ1n) is 4.05. The van der Waals surface area contributed by atoms with Crippen molar-refractivity contribution in [2.75, 3.05) is 12.9 Å². The molecule has 1 aromatic heterocycles. The van der Waals surface area contributed by atoms with E-state index < -0.39 is 5.97 Å². The Morgan fingerprint density at radius 1 is 1.71 bits per heavy atom. The summed E-state index contributed by atoms with van der Waals surface area (Å²) in [4.78, 5) is 16.2. The summed E-state index contributed by atoms with van der Waals surface area (Å²) in [6.45, 7) is 2.02. The van der Waals surface area contributed by atoms with E-state index in [0.717, 1.165) is 15.1 Å². The highest BCUT2D eigenvalue weighted by molar-refractivity contribution is 9.10. The Morgan fingerprint density at radius 2 is 2.43 bits per heavy atom. The Morgan fingerprint density at radius 3 is 3.00 bits per heavy atom. The Hall–Kier alpha value is -0.550. The molecule has 0 aliphatic carbocycles. The van der Waals surface area contributed by atoms with Crippen molar-refractivity contribution in [2.45, 2.75) is 11.8 Å². The molecule has 0 N–H and O–H groups in total. The minimum atomic E-state index is -0.395. The number of hydrogen-bond acceptors (Lipinski definition) is 4. The van der Waals surface area contributed by atoms with Gasteiger partial charge in [0.1, 0.15) is 0 Å². The maximum Gasteiger partial charge on any atom is 0.357 e. The van der Waals surface area contributed by atoms with Gasteiger partial charge >= 0.3 is 5.97 Å². The van der Waals surface area contributed by atoms with Crippen LogP contribution in [0.4, 0.5) is 0 Å². The molecule has 0 radical (unpaired) electrons. The lowest BCUT2D eigenvalue weighted by Gasteiger charge is -2.05. The minimum Gasteiger partial charge on any atom is -0.464 e. The van der Waals surface area contributed by atoms with Gasteiger partial charge in [-0.2, -0.15) is 0 Å². The van der Waals surface area contributed by atoms with E-state index in [-0.39, 0.29) is 0 Å². The second-order valence-electron chi connectivity index (χ2n) is 2.42. The molecule has 0 fully saturated rings. The van der Waals surface area contributed by atoms with Gasteiger partial charge < -0.3 is 4.74 Å². The summed E-state index contributed by atoms with van der Waals surface area (Å²) in [5.74, 6) is 0.496.